The first-order valence-corrected chi connectivity index (χ1v) is 17.2. The molecular formula is C39H37F6N9O2. The van der Waals surface area contributed by atoms with Crippen molar-refractivity contribution in [1.29, 1.82) is 5.26 Å². The Bertz CT molecular complexity index is 2210. The molecule has 0 spiro atoms. The van der Waals surface area contributed by atoms with Gasteiger partial charge in [-0.1, -0.05) is 38.1 Å². The Labute approximate surface area is 318 Å². The Balaban J connectivity index is 0.000000215. The monoisotopic (exact) mass is 777 g/mol. The number of halogens is 6. The lowest BCUT2D eigenvalue weighted by Gasteiger charge is -2.12. The predicted octanol–water partition coefficient (Wildman–Crippen LogP) is 9.84. The highest BCUT2D eigenvalue weighted by Gasteiger charge is 2.31. The highest BCUT2D eigenvalue weighted by atomic mass is 19.4. The third-order valence-corrected chi connectivity index (χ3v) is 8.25. The molecule has 6 rings (SSSR count). The van der Waals surface area contributed by atoms with Gasteiger partial charge in [-0.2, -0.15) is 31.6 Å². The third kappa shape index (κ3) is 10.6. The van der Waals surface area contributed by atoms with E-state index in [9.17, 15) is 26.3 Å². The maximum Gasteiger partial charge on any atom is 0.416 e. The number of alkyl halides is 6. The van der Waals surface area contributed by atoms with Crippen LogP contribution < -0.4 is 16.0 Å². The van der Waals surface area contributed by atoms with E-state index in [1.807, 2.05) is 45.3 Å². The second-order valence-electron chi connectivity index (χ2n) is 12.7. The molecule has 2 unspecified atom stereocenters. The average Bonchev–Trinajstić information content (AvgIpc) is 3.87. The molecular weight excluding hydrogens is 740 g/mol. The molecule has 2 heterocycles. The molecule has 2 atom stereocenters. The normalized spacial score (nSPS) is 12.5. The maximum atomic E-state index is 12.7. The fourth-order valence-corrected chi connectivity index (χ4v) is 5.36. The SMILES string of the molecule is CC(CN(C)C#N)c1nnc(-c2ccccc2Nc2ccc(C(F)(F)F)cc2)o1.CNCC(C)c1nnc(-c2ccccc2Nc2ccc(C(F)(F)F)cc2)o1. The summed E-state index contributed by atoms with van der Waals surface area (Å²) in [4.78, 5) is 1.47. The van der Waals surface area contributed by atoms with E-state index in [1.165, 1.54) is 29.2 Å². The average molecular weight is 778 g/mol. The highest BCUT2D eigenvalue weighted by Crippen LogP contribution is 2.35. The molecule has 0 amide bonds. The van der Waals surface area contributed by atoms with Crippen molar-refractivity contribution in [3.8, 4) is 29.1 Å². The second-order valence-corrected chi connectivity index (χ2v) is 12.7. The smallest absolute Gasteiger partial charge is 0.416 e. The molecule has 4 aromatic carbocycles. The van der Waals surface area contributed by atoms with E-state index in [4.69, 9.17) is 14.1 Å². The Morgan fingerprint density at radius 2 is 1.05 bits per heavy atom. The topological polar surface area (TPSA) is 141 Å². The molecule has 0 aliphatic rings. The van der Waals surface area contributed by atoms with Gasteiger partial charge in [0.15, 0.2) is 6.19 Å². The Morgan fingerprint density at radius 1 is 0.643 bits per heavy atom. The number of hydrogen-bond donors (Lipinski definition) is 3. The van der Waals surface area contributed by atoms with E-state index in [2.05, 4.69) is 36.3 Å². The largest absolute Gasteiger partial charge is 0.420 e. The lowest BCUT2D eigenvalue weighted by Crippen LogP contribution is -2.18. The molecule has 0 fully saturated rings. The summed E-state index contributed by atoms with van der Waals surface area (Å²) in [7, 11) is 3.51. The predicted molar refractivity (Wildman–Crippen MR) is 198 cm³/mol. The number of likely N-dealkylation sites (N-methyl/N-ethyl adjacent to an activating group) is 2. The molecule has 17 heteroatoms. The summed E-state index contributed by atoms with van der Waals surface area (Å²) in [6.45, 7) is 4.98. The van der Waals surface area contributed by atoms with E-state index < -0.39 is 23.5 Å². The molecule has 292 valence electrons. The first-order chi connectivity index (χ1) is 26.7. The number of nitrogens with zero attached hydrogens (tertiary/aromatic N) is 6. The lowest BCUT2D eigenvalue weighted by molar-refractivity contribution is -0.138. The van der Waals surface area contributed by atoms with Crippen LogP contribution in [0.1, 0.15) is 48.6 Å². The highest BCUT2D eigenvalue weighted by molar-refractivity contribution is 5.77. The van der Waals surface area contributed by atoms with Gasteiger partial charge in [0.25, 0.3) is 0 Å². The van der Waals surface area contributed by atoms with Gasteiger partial charge in [-0.3, -0.25) is 0 Å². The van der Waals surface area contributed by atoms with E-state index in [0.717, 1.165) is 24.3 Å². The van der Waals surface area contributed by atoms with Gasteiger partial charge in [0, 0.05) is 37.4 Å². The van der Waals surface area contributed by atoms with Crippen molar-refractivity contribution in [2.75, 3.05) is 37.8 Å². The minimum absolute atomic E-state index is 0.0614. The molecule has 6 aromatic rings. The zero-order valence-electron chi connectivity index (χ0n) is 30.6. The number of benzene rings is 4. The van der Waals surface area contributed by atoms with Crippen LogP contribution in [0.2, 0.25) is 0 Å². The van der Waals surface area contributed by atoms with Crippen molar-refractivity contribution in [3.63, 3.8) is 0 Å². The molecule has 11 nitrogen and oxygen atoms in total. The van der Waals surface area contributed by atoms with Gasteiger partial charge in [-0.15, -0.1) is 20.4 Å². The second kappa shape index (κ2) is 17.8. The molecule has 2 aromatic heterocycles. The minimum Gasteiger partial charge on any atom is -0.420 e. The molecule has 0 saturated carbocycles. The van der Waals surface area contributed by atoms with Crippen molar-refractivity contribution in [2.24, 2.45) is 0 Å². The van der Waals surface area contributed by atoms with Crippen LogP contribution >= 0.6 is 0 Å². The van der Waals surface area contributed by atoms with E-state index in [1.54, 1.807) is 37.4 Å². The number of rotatable bonds is 12. The van der Waals surface area contributed by atoms with Crippen LogP contribution in [0.5, 0.6) is 0 Å². The summed E-state index contributed by atoms with van der Waals surface area (Å²) in [5.41, 5.74) is 2.18. The van der Waals surface area contributed by atoms with Crippen LogP contribution in [-0.4, -0.2) is 52.5 Å². The Morgan fingerprint density at radius 3 is 1.45 bits per heavy atom. The number of nitriles is 1. The Kier molecular flexibility index (Phi) is 13.0. The van der Waals surface area contributed by atoms with Gasteiger partial charge < -0.3 is 29.7 Å². The van der Waals surface area contributed by atoms with Crippen LogP contribution in [0.25, 0.3) is 22.9 Å². The van der Waals surface area contributed by atoms with E-state index in [-0.39, 0.29) is 17.7 Å². The molecule has 0 aliphatic heterocycles. The number of aromatic nitrogens is 4. The first-order valence-electron chi connectivity index (χ1n) is 17.2. The van der Waals surface area contributed by atoms with Crippen molar-refractivity contribution >= 4 is 22.7 Å². The number of hydrogen-bond acceptors (Lipinski definition) is 11. The van der Waals surface area contributed by atoms with Crippen molar-refractivity contribution in [1.82, 2.24) is 30.6 Å². The molecule has 0 saturated heterocycles. The molecule has 56 heavy (non-hydrogen) atoms. The summed E-state index contributed by atoms with van der Waals surface area (Å²) >= 11 is 0. The van der Waals surface area contributed by atoms with Crippen LogP contribution in [-0.2, 0) is 12.4 Å². The van der Waals surface area contributed by atoms with Gasteiger partial charge in [0.05, 0.1) is 39.5 Å². The van der Waals surface area contributed by atoms with Gasteiger partial charge in [0.2, 0.25) is 23.6 Å². The van der Waals surface area contributed by atoms with Gasteiger partial charge in [-0.05, 0) is 79.8 Å². The molecule has 0 radical (unpaired) electrons. The van der Waals surface area contributed by atoms with Crippen LogP contribution in [0, 0.1) is 11.5 Å². The van der Waals surface area contributed by atoms with Crippen LogP contribution in [0.15, 0.2) is 106 Å². The van der Waals surface area contributed by atoms with E-state index >= 15 is 0 Å². The lowest BCUT2D eigenvalue weighted by atomic mass is 10.1. The maximum absolute atomic E-state index is 12.7. The number of para-hydroxylation sites is 2. The summed E-state index contributed by atoms with van der Waals surface area (Å²) < 4.78 is 87.9. The zero-order valence-corrected chi connectivity index (χ0v) is 30.6. The van der Waals surface area contributed by atoms with Gasteiger partial charge >= 0.3 is 12.4 Å². The van der Waals surface area contributed by atoms with E-state index in [0.29, 0.717) is 64.6 Å². The van der Waals surface area contributed by atoms with Gasteiger partial charge in [-0.25, -0.2) is 0 Å². The first kappa shape index (κ1) is 40.8. The fraction of sp³-hybridized carbons (Fsp3) is 0.256. The summed E-state index contributed by atoms with van der Waals surface area (Å²) in [6, 6.07) is 24.0. The quantitative estimate of drug-likeness (QED) is 0.0621. The number of anilines is 4. The van der Waals surface area contributed by atoms with Crippen LogP contribution in [0.3, 0.4) is 0 Å². The number of nitrogens with one attached hydrogen (secondary N) is 3. The summed E-state index contributed by atoms with van der Waals surface area (Å²) in [5.74, 6) is 1.46. The fourth-order valence-electron chi connectivity index (χ4n) is 5.36. The van der Waals surface area contributed by atoms with Gasteiger partial charge in [0.1, 0.15) is 0 Å². The van der Waals surface area contributed by atoms with Crippen molar-refractivity contribution in [2.45, 2.75) is 38.0 Å². The summed E-state index contributed by atoms with van der Waals surface area (Å²) in [5, 5.41) is 34.5. The zero-order chi connectivity index (χ0) is 40.5. The molecule has 0 aliphatic carbocycles. The summed E-state index contributed by atoms with van der Waals surface area (Å²) in [6.07, 6.45) is -6.73. The Hall–Kier alpha value is -6.41. The van der Waals surface area contributed by atoms with Crippen LogP contribution in [0.4, 0.5) is 49.1 Å². The van der Waals surface area contributed by atoms with Crippen molar-refractivity contribution in [3.05, 3.63) is 120 Å². The molecule has 3 N–H and O–H groups in total. The standard InChI is InChI=1S/C20H18F3N5O.C19H19F3N4O/c1-13(11-28(2)12-24)18-26-27-19(29-18)16-5-3-4-6-17(16)25-15-9-7-14(8-10-15)20(21,22)23;1-12(11-23-2)17-25-26-18(27-17)15-5-3-4-6-16(15)24-14-9-7-13(8-10-14)19(20,21)22/h3-10,13,25H,11H2,1-2H3;3-10,12,23-24H,11H2,1-2H3. The van der Waals surface area contributed by atoms with Crippen molar-refractivity contribution < 1.29 is 35.2 Å². The third-order valence-electron chi connectivity index (χ3n) is 8.25. The molecule has 0 bridgehead atoms. The minimum atomic E-state index is -4.38.